The van der Waals surface area contributed by atoms with Gasteiger partial charge < -0.3 is 20.3 Å². The third kappa shape index (κ3) is 6.73. The molecule has 0 aliphatic carbocycles. The molecule has 10 heteroatoms. The smallest absolute Gasteiger partial charge is 0.378 e. The van der Waals surface area contributed by atoms with E-state index in [0.717, 1.165) is 17.8 Å². The molecular formula is C25H29F3N4O3. The number of nitrogens with zero attached hydrogens (tertiary/aromatic N) is 2. The van der Waals surface area contributed by atoms with Crippen LogP contribution in [0.1, 0.15) is 18.4 Å². The highest BCUT2D eigenvalue weighted by Gasteiger charge is 2.32. The average Bonchev–Trinajstić information content (AvgIpc) is 2.85. The zero-order valence-corrected chi connectivity index (χ0v) is 19.3. The van der Waals surface area contributed by atoms with Crippen LogP contribution in [-0.2, 0) is 20.5 Å². The normalized spacial score (nSPS) is 17.7. The van der Waals surface area contributed by atoms with Gasteiger partial charge in [0.1, 0.15) is 0 Å². The zero-order valence-electron chi connectivity index (χ0n) is 19.3. The van der Waals surface area contributed by atoms with Crippen LogP contribution in [0.4, 0.5) is 30.2 Å². The number of benzene rings is 2. The first-order chi connectivity index (χ1) is 16.8. The van der Waals surface area contributed by atoms with Gasteiger partial charge >= 0.3 is 6.18 Å². The van der Waals surface area contributed by atoms with Crippen molar-refractivity contribution in [3.8, 4) is 0 Å². The largest absolute Gasteiger partial charge is 0.416 e. The number of anilines is 3. The number of hydrogen-bond donors (Lipinski definition) is 2. The van der Waals surface area contributed by atoms with Crippen molar-refractivity contribution in [2.24, 2.45) is 5.92 Å². The highest BCUT2D eigenvalue weighted by molar-refractivity contribution is 5.96. The van der Waals surface area contributed by atoms with Crippen molar-refractivity contribution >= 4 is 28.9 Å². The molecule has 35 heavy (non-hydrogen) atoms. The second kappa shape index (κ2) is 11.1. The lowest BCUT2D eigenvalue weighted by atomic mass is 9.96. The van der Waals surface area contributed by atoms with Gasteiger partial charge in [0.15, 0.2) is 0 Å². The van der Waals surface area contributed by atoms with Gasteiger partial charge in [-0.15, -0.1) is 0 Å². The van der Waals surface area contributed by atoms with E-state index >= 15 is 0 Å². The van der Waals surface area contributed by atoms with Crippen molar-refractivity contribution in [3.63, 3.8) is 0 Å². The predicted octanol–water partition coefficient (Wildman–Crippen LogP) is 3.83. The van der Waals surface area contributed by atoms with Crippen molar-refractivity contribution in [1.29, 1.82) is 0 Å². The number of alkyl halides is 3. The maximum atomic E-state index is 13.3. The lowest BCUT2D eigenvalue weighted by molar-refractivity contribution is -0.137. The Balaban J connectivity index is 1.34. The Hall–Kier alpha value is -3.11. The third-order valence-electron chi connectivity index (χ3n) is 6.32. The van der Waals surface area contributed by atoms with E-state index in [1.165, 1.54) is 6.07 Å². The molecule has 2 heterocycles. The van der Waals surface area contributed by atoms with Gasteiger partial charge in [-0.2, -0.15) is 13.2 Å². The van der Waals surface area contributed by atoms with Crippen molar-refractivity contribution < 1.29 is 27.5 Å². The van der Waals surface area contributed by atoms with Crippen molar-refractivity contribution in [2.45, 2.75) is 19.0 Å². The Bertz CT molecular complexity index is 1020. The standard InChI is InChI=1S/C25H29F3N4O3/c26-25(27,28)19-6-7-22(32-12-14-35-15-13-32)21(16-19)30-23(33)17-31-10-8-18(9-11-31)24(34)29-20-4-2-1-3-5-20/h1-7,16,18H,8-15,17H2,(H,29,34)(H,30,33). The summed E-state index contributed by atoms with van der Waals surface area (Å²) in [4.78, 5) is 29.1. The fraction of sp³-hybridized carbons (Fsp3) is 0.440. The Morgan fingerprint density at radius 3 is 2.29 bits per heavy atom. The Morgan fingerprint density at radius 1 is 0.943 bits per heavy atom. The molecule has 7 nitrogen and oxygen atoms in total. The number of nitrogens with one attached hydrogen (secondary N) is 2. The number of likely N-dealkylation sites (tertiary alicyclic amines) is 1. The van der Waals surface area contributed by atoms with Crippen molar-refractivity contribution in [1.82, 2.24) is 4.90 Å². The second-order valence-corrected chi connectivity index (χ2v) is 8.78. The molecule has 0 atom stereocenters. The molecule has 2 N–H and O–H groups in total. The summed E-state index contributed by atoms with van der Waals surface area (Å²) in [6, 6.07) is 12.7. The number of ether oxygens (including phenoxy) is 1. The summed E-state index contributed by atoms with van der Waals surface area (Å²) in [5.41, 5.74) is 0.626. The van der Waals surface area contributed by atoms with Crippen LogP contribution >= 0.6 is 0 Å². The van der Waals surface area contributed by atoms with Gasteiger partial charge in [0, 0.05) is 24.7 Å². The summed E-state index contributed by atoms with van der Waals surface area (Å²) in [6.45, 7) is 3.17. The summed E-state index contributed by atoms with van der Waals surface area (Å²) in [5, 5.41) is 5.60. The molecule has 0 aromatic heterocycles. The first-order valence-electron chi connectivity index (χ1n) is 11.7. The number of hydrogen-bond acceptors (Lipinski definition) is 5. The van der Waals surface area contributed by atoms with Gasteiger partial charge in [-0.25, -0.2) is 0 Å². The Labute approximate surface area is 202 Å². The lowest BCUT2D eigenvalue weighted by Crippen LogP contribution is -2.42. The SMILES string of the molecule is O=C(CN1CCC(C(=O)Nc2ccccc2)CC1)Nc1cc(C(F)(F)F)ccc1N1CCOCC1. The molecule has 2 fully saturated rings. The molecular weight excluding hydrogens is 461 g/mol. The molecule has 2 aliphatic heterocycles. The van der Waals surface area contributed by atoms with Crippen LogP contribution in [0.3, 0.4) is 0 Å². The first-order valence-corrected chi connectivity index (χ1v) is 11.7. The van der Waals surface area contributed by atoms with Crippen LogP contribution in [0.2, 0.25) is 0 Å². The number of rotatable bonds is 6. The lowest BCUT2D eigenvalue weighted by Gasteiger charge is -2.32. The molecule has 2 amide bonds. The maximum absolute atomic E-state index is 13.3. The van der Waals surface area contributed by atoms with E-state index in [0.29, 0.717) is 57.9 Å². The van der Waals surface area contributed by atoms with Crippen LogP contribution in [0.5, 0.6) is 0 Å². The van der Waals surface area contributed by atoms with E-state index < -0.39 is 11.7 Å². The number of piperidine rings is 1. The molecule has 188 valence electrons. The fourth-order valence-corrected chi connectivity index (χ4v) is 4.40. The summed E-state index contributed by atoms with van der Waals surface area (Å²) in [7, 11) is 0. The molecule has 2 aromatic carbocycles. The van der Waals surface area contributed by atoms with E-state index in [1.807, 2.05) is 40.1 Å². The van der Waals surface area contributed by atoms with E-state index in [4.69, 9.17) is 4.74 Å². The fourth-order valence-electron chi connectivity index (χ4n) is 4.40. The van der Waals surface area contributed by atoms with Gasteiger partial charge in [-0.3, -0.25) is 14.5 Å². The zero-order chi connectivity index (χ0) is 24.8. The summed E-state index contributed by atoms with van der Waals surface area (Å²) >= 11 is 0. The summed E-state index contributed by atoms with van der Waals surface area (Å²) < 4.78 is 45.2. The molecule has 0 saturated carbocycles. The minimum Gasteiger partial charge on any atom is -0.378 e. The van der Waals surface area contributed by atoms with Gasteiger partial charge in [0.05, 0.1) is 36.7 Å². The first kappa shape index (κ1) is 25.0. The monoisotopic (exact) mass is 490 g/mol. The third-order valence-corrected chi connectivity index (χ3v) is 6.32. The van der Waals surface area contributed by atoms with E-state index in [2.05, 4.69) is 10.6 Å². The molecule has 0 radical (unpaired) electrons. The molecule has 0 unspecified atom stereocenters. The minimum absolute atomic E-state index is 0.0422. The number of carbonyl (C=O) groups excluding carboxylic acids is 2. The molecule has 2 aliphatic rings. The highest BCUT2D eigenvalue weighted by atomic mass is 19.4. The molecule has 2 aromatic rings. The van der Waals surface area contributed by atoms with E-state index in [1.54, 1.807) is 0 Å². The predicted molar refractivity (Wildman–Crippen MR) is 127 cm³/mol. The van der Waals surface area contributed by atoms with E-state index in [9.17, 15) is 22.8 Å². The Kier molecular flexibility index (Phi) is 7.92. The quantitative estimate of drug-likeness (QED) is 0.644. The number of halogens is 3. The highest BCUT2D eigenvalue weighted by Crippen LogP contribution is 2.36. The van der Waals surface area contributed by atoms with Crippen LogP contribution in [-0.4, -0.2) is 62.7 Å². The number of morpholine rings is 1. The average molecular weight is 491 g/mol. The van der Waals surface area contributed by atoms with Crippen molar-refractivity contribution in [2.75, 3.05) is 61.5 Å². The van der Waals surface area contributed by atoms with E-state index in [-0.39, 0.29) is 30.0 Å². The molecule has 2 saturated heterocycles. The van der Waals surface area contributed by atoms with Crippen molar-refractivity contribution in [3.05, 3.63) is 54.1 Å². The van der Waals surface area contributed by atoms with Gasteiger partial charge in [-0.1, -0.05) is 18.2 Å². The number of amides is 2. The summed E-state index contributed by atoms with van der Waals surface area (Å²) in [6.07, 6.45) is -3.30. The summed E-state index contributed by atoms with van der Waals surface area (Å²) in [5.74, 6) is -0.573. The number of carbonyl (C=O) groups is 2. The molecule has 0 bridgehead atoms. The van der Waals surface area contributed by atoms with Crippen LogP contribution in [0.25, 0.3) is 0 Å². The van der Waals surface area contributed by atoms with Gasteiger partial charge in [-0.05, 0) is 56.3 Å². The second-order valence-electron chi connectivity index (χ2n) is 8.78. The van der Waals surface area contributed by atoms with Crippen LogP contribution in [0, 0.1) is 5.92 Å². The minimum atomic E-state index is -4.51. The van der Waals surface area contributed by atoms with Gasteiger partial charge in [0.2, 0.25) is 11.8 Å². The molecule has 0 spiro atoms. The number of para-hydroxylation sites is 1. The Morgan fingerprint density at radius 2 is 1.63 bits per heavy atom. The van der Waals surface area contributed by atoms with Crippen LogP contribution < -0.4 is 15.5 Å². The topological polar surface area (TPSA) is 73.9 Å². The molecule has 4 rings (SSSR count). The maximum Gasteiger partial charge on any atom is 0.416 e. The van der Waals surface area contributed by atoms with Gasteiger partial charge in [0.25, 0.3) is 0 Å². The van der Waals surface area contributed by atoms with Crippen LogP contribution in [0.15, 0.2) is 48.5 Å².